The van der Waals surface area contributed by atoms with Crippen molar-refractivity contribution in [2.75, 3.05) is 0 Å². The van der Waals surface area contributed by atoms with E-state index in [9.17, 15) is 4.79 Å². The van der Waals surface area contributed by atoms with Crippen LogP contribution in [-0.2, 0) is 10.5 Å². The van der Waals surface area contributed by atoms with Crippen LogP contribution in [0.15, 0.2) is 30.3 Å². The Balaban J connectivity index is 2.41. The highest BCUT2D eigenvalue weighted by molar-refractivity contribution is 7.99. The van der Waals surface area contributed by atoms with Crippen LogP contribution in [0.25, 0.3) is 0 Å². The topological polar surface area (TPSA) is 43.1 Å². The van der Waals surface area contributed by atoms with Gasteiger partial charge in [-0.15, -0.1) is 0 Å². The van der Waals surface area contributed by atoms with Gasteiger partial charge in [0.15, 0.2) is 0 Å². The van der Waals surface area contributed by atoms with Gasteiger partial charge in [0.05, 0.1) is 0 Å². The normalized spacial score (nSPS) is 14.5. The first-order chi connectivity index (χ1) is 7.11. The third kappa shape index (κ3) is 3.96. The van der Waals surface area contributed by atoms with Gasteiger partial charge >= 0.3 is 0 Å². The Morgan fingerprint density at radius 1 is 1.33 bits per heavy atom. The second-order valence-electron chi connectivity index (χ2n) is 3.69. The lowest BCUT2D eigenvalue weighted by Gasteiger charge is -2.16. The predicted octanol–water partition coefficient (Wildman–Crippen LogP) is 2.43. The van der Waals surface area contributed by atoms with E-state index in [4.69, 9.17) is 5.73 Å². The summed E-state index contributed by atoms with van der Waals surface area (Å²) in [6, 6.07) is 10.2. The van der Waals surface area contributed by atoms with Crippen LogP contribution >= 0.6 is 11.8 Å². The van der Waals surface area contributed by atoms with Crippen molar-refractivity contribution in [3.05, 3.63) is 35.9 Å². The number of primary amides is 1. The van der Waals surface area contributed by atoms with E-state index in [1.54, 1.807) is 11.8 Å². The molecular formula is C12H17NOS. The van der Waals surface area contributed by atoms with Crippen LogP contribution in [0.3, 0.4) is 0 Å². The lowest BCUT2D eigenvalue weighted by molar-refractivity contribution is -0.121. The zero-order chi connectivity index (χ0) is 11.3. The maximum atomic E-state index is 11.0. The fourth-order valence-electron chi connectivity index (χ4n) is 1.18. The van der Waals surface area contributed by atoms with Gasteiger partial charge in [0.1, 0.15) is 0 Å². The Hall–Kier alpha value is -0.960. The molecule has 2 N–H and O–H groups in total. The molecule has 0 heterocycles. The van der Waals surface area contributed by atoms with E-state index in [2.05, 4.69) is 12.1 Å². The van der Waals surface area contributed by atoms with Crippen LogP contribution in [0.2, 0.25) is 0 Å². The molecular weight excluding hydrogens is 206 g/mol. The fraction of sp³-hybridized carbons (Fsp3) is 0.417. The molecule has 0 aliphatic carbocycles. The molecule has 0 spiro atoms. The van der Waals surface area contributed by atoms with Gasteiger partial charge in [-0.1, -0.05) is 44.2 Å². The molecule has 0 radical (unpaired) electrons. The highest BCUT2D eigenvalue weighted by Gasteiger charge is 2.17. The quantitative estimate of drug-likeness (QED) is 0.833. The molecule has 2 nitrogen and oxygen atoms in total. The molecule has 0 saturated heterocycles. The summed E-state index contributed by atoms with van der Waals surface area (Å²) in [6.07, 6.45) is 0. The van der Waals surface area contributed by atoms with Gasteiger partial charge in [-0.25, -0.2) is 0 Å². The zero-order valence-corrected chi connectivity index (χ0v) is 9.96. The summed E-state index contributed by atoms with van der Waals surface area (Å²) < 4.78 is 0. The highest BCUT2D eigenvalue weighted by Crippen LogP contribution is 2.23. The zero-order valence-electron chi connectivity index (χ0n) is 9.14. The number of carbonyl (C=O) groups excluding carboxylic acids is 1. The van der Waals surface area contributed by atoms with Crippen molar-refractivity contribution in [1.29, 1.82) is 0 Å². The van der Waals surface area contributed by atoms with Gasteiger partial charge < -0.3 is 5.73 Å². The van der Waals surface area contributed by atoms with Crippen molar-refractivity contribution in [3.63, 3.8) is 0 Å². The number of hydrogen-bond acceptors (Lipinski definition) is 2. The first kappa shape index (κ1) is 12.1. The Bertz CT molecular complexity index is 313. The molecule has 3 heteroatoms. The van der Waals surface area contributed by atoms with Crippen LogP contribution in [0.4, 0.5) is 0 Å². The van der Waals surface area contributed by atoms with Gasteiger partial charge in [-0.3, -0.25) is 4.79 Å². The first-order valence-corrected chi connectivity index (χ1v) is 6.11. The molecule has 0 unspecified atom stereocenters. The van der Waals surface area contributed by atoms with Crippen molar-refractivity contribution in [3.8, 4) is 0 Å². The number of thioether (sulfide) groups is 1. The lowest BCUT2D eigenvalue weighted by Crippen LogP contribution is -2.27. The predicted molar refractivity (Wildman–Crippen MR) is 65.6 cm³/mol. The smallest absolute Gasteiger partial charge is 0.221 e. The molecule has 0 bridgehead atoms. The molecule has 1 aromatic rings. The summed E-state index contributed by atoms with van der Waals surface area (Å²) in [5, 5.41) is 0.266. The van der Waals surface area contributed by atoms with E-state index in [1.165, 1.54) is 5.56 Å². The molecule has 2 atom stereocenters. The van der Waals surface area contributed by atoms with E-state index in [-0.39, 0.29) is 17.1 Å². The van der Waals surface area contributed by atoms with Crippen LogP contribution in [0.1, 0.15) is 19.4 Å². The van der Waals surface area contributed by atoms with Crippen molar-refractivity contribution >= 4 is 17.7 Å². The summed E-state index contributed by atoms with van der Waals surface area (Å²) in [5.74, 6) is 0.640. The number of hydrogen-bond donors (Lipinski definition) is 1. The third-order valence-electron chi connectivity index (χ3n) is 2.51. The number of rotatable bonds is 5. The first-order valence-electron chi connectivity index (χ1n) is 5.06. The van der Waals surface area contributed by atoms with Crippen molar-refractivity contribution < 1.29 is 4.79 Å². The van der Waals surface area contributed by atoms with Crippen LogP contribution < -0.4 is 5.73 Å². The van der Waals surface area contributed by atoms with Gasteiger partial charge in [0, 0.05) is 16.9 Å². The summed E-state index contributed by atoms with van der Waals surface area (Å²) in [4.78, 5) is 11.0. The third-order valence-corrected chi connectivity index (χ3v) is 3.94. The lowest BCUT2D eigenvalue weighted by atomic mass is 10.1. The van der Waals surface area contributed by atoms with Crippen molar-refractivity contribution in [2.24, 2.45) is 11.7 Å². The fourth-order valence-corrected chi connectivity index (χ4v) is 2.25. The minimum absolute atomic E-state index is 0.0706. The van der Waals surface area contributed by atoms with Gasteiger partial charge in [-0.2, -0.15) is 11.8 Å². The number of nitrogens with two attached hydrogens (primary N) is 1. The van der Waals surface area contributed by atoms with Gasteiger partial charge in [-0.05, 0) is 5.56 Å². The SMILES string of the molecule is C[C@H](SCc1ccccc1)[C@@H](C)C(N)=O. The molecule has 82 valence electrons. The maximum absolute atomic E-state index is 11.0. The van der Waals surface area contributed by atoms with Crippen LogP contribution in [-0.4, -0.2) is 11.2 Å². The molecule has 0 aliphatic heterocycles. The number of carbonyl (C=O) groups is 1. The van der Waals surface area contributed by atoms with Gasteiger partial charge in [0.25, 0.3) is 0 Å². The Labute approximate surface area is 95.2 Å². The summed E-state index contributed by atoms with van der Waals surface area (Å²) >= 11 is 1.77. The molecule has 0 aliphatic rings. The average Bonchev–Trinajstić information content (AvgIpc) is 2.26. The van der Waals surface area contributed by atoms with Crippen molar-refractivity contribution in [2.45, 2.75) is 24.9 Å². The summed E-state index contributed by atoms with van der Waals surface area (Å²) in [5.41, 5.74) is 6.54. The Morgan fingerprint density at radius 2 is 1.93 bits per heavy atom. The minimum atomic E-state index is -0.219. The van der Waals surface area contributed by atoms with Crippen LogP contribution in [0, 0.1) is 5.92 Å². The Kier molecular flexibility index (Phi) is 4.69. The largest absolute Gasteiger partial charge is 0.369 e. The monoisotopic (exact) mass is 223 g/mol. The summed E-state index contributed by atoms with van der Waals surface area (Å²) in [7, 11) is 0. The molecule has 0 fully saturated rings. The van der Waals surface area contributed by atoms with E-state index in [0.717, 1.165) is 5.75 Å². The second-order valence-corrected chi connectivity index (χ2v) is 5.06. The van der Waals surface area contributed by atoms with Gasteiger partial charge in [0.2, 0.25) is 5.91 Å². The molecule has 0 aromatic heterocycles. The molecule has 1 aromatic carbocycles. The van der Waals surface area contributed by atoms with Crippen molar-refractivity contribution in [1.82, 2.24) is 0 Å². The highest BCUT2D eigenvalue weighted by atomic mass is 32.2. The molecule has 0 saturated carbocycles. The summed E-state index contributed by atoms with van der Waals surface area (Å²) in [6.45, 7) is 3.92. The second kappa shape index (κ2) is 5.81. The average molecular weight is 223 g/mol. The van der Waals surface area contributed by atoms with E-state index >= 15 is 0 Å². The molecule has 1 rings (SSSR count). The molecule has 1 amide bonds. The Morgan fingerprint density at radius 3 is 2.47 bits per heavy atom. The van der Waals surface area contributed by atoms with E-state index in [0.29, 0.717) is 0 Å². The standard InChI is InChI=1S/C12H17NOS/c1-9(12(13)14)10(2)15-8-11-6-4-3-5-7-11/h3-7,9-10H,8H2,1-2H3,(H2,13,14)/t9-,10+/m1/s1. The maximum Gasteiger partial charge on any atom is 0.221 e. The number of benzene rings is 1. The minimum Gasteiger partial charge on any atom is -0.369 e. The van der Waals surface area contributed by atoms with E-state index < -0.39 is 0 Å². The molecule has 15 heavy (non-hydrogen) atoms. The number of amides is 1. The van der Waals surface area contributed by atoms with E-state index in [1.807, 2.05) is 32.0 Å². The van der Waals surface area contributed by atoms with Crippen LogP contribution in [0.5, 0.6) is 0 Å².